The molecule has 1 fully saturated rings. The van der Waals surface area contributed by atoms with Crippen molar-refractivity contribution in [2.45, 2.75) is 36.5 Å². The van der Waals surface area contributed by atoms with Crippen LogP contribution in [0.25, 0.3) is 0 Å². The minimum absolute atomic E-state index is 0.0231. The van der Waals surface area contributed by atoms with Crippen LogP contribution in [0.5, 0.6) is 0 Å². The molecule has 31 heavy (non-hydrogen) atoms. The molecule has 160 valence electrons. The van der Waals surface area contributed by atoms with Crippen molar-refractivity contribution >= 4 is 26.7 Å². The molecule has 7 nitrogen and oxygen atoms in total. The second-order valence-electron chi connectivity index (χ2n) is 7.30. The van der Waals surface area contributed by atoms with Gasteiger partial charge in [0.2, 0.25) is 5.13 Å². The normalized spacial score (nSPS) is 19.6. The Hall–Kier alpha value is -2.87. The van der Waals surface area contributed by atoms with Gasteiger partial charge in [-0.05, 0) is 36.1 Å². The smallest absolute Gasteiger partial charge is 0.263 e. The van der Waals surface area contributed by atoms with Crippen molar-refractivity contribution in [1.29, 1.82) is 5.26 Å². The molecule has 3 aromatic rings. The molecule has 4 rings (SSSR count). The zero-order chi connectivity index (χ0) is 21.8. The van der Waals surface area contributed by atoms with E-state index in [0.717, 1.165) is 17.1 Å². The van der Waals surface area contributed by atoms with Crippen molar-refractivity contribution in [2.24, 2.45) is 0 Å². The summed E-state index contributed by atoms with van der Waals surface area (Å²) < 4.78 is 45.5. The third-order valence-corrected chi connectivity index (χ3v) is 7.35. The van der Waals surface area contributed by atoms with Crippen LogP contribution in [0.2, 0.25) is 0 Å². The summed E-state index contributed by atoms with van der Waals surface area (Å²) in [6.07, 6.45) is 1.22. The summed E-state index contributed by atoms with van der Waals surface area (Å²) >= 11 is 0.925. The summed E-state index contributed by atoms with van der Waals surface area (Å²) in [5, 5.41) is 9.81. The Morgan fingerprint density at radius 1 is 1.26 bits per heavy atom. The second kappa shape index (κ2) is 9.09. The first-order valence-corrected chi connectivity index (χ1v) is 12.0. The largest absolute Gasteiger partial charge is 0.292 e. The number of hydrogen-bond acceptors (Lipinski definition) is 7. The molecule has 0 amide bonds. The number of nitrogens with one attached hydrogen (secondary N) is 1. The topological polar surface area (TPSA) is 99.0 Å². The Morgan fingerprint density at radius 2 is 2.06 bits per heavy atom. The molecule has 0 radical (unpaired) electrons. The molecule has 1 aliphatic heterocycles. The maximum atomic E-state index is 14.2. The maximum Gasteiger partial charge on any atom is 0.263 e. The Labute approximate surface area is 184 Å². The molecular weight excluding hydrogens is 437 g/mol. The van der Waals surface area contributed by atoms with Crippen LogP contribution in [-0.2, 0) is 16.6 Å². The molecule has 0 bridgehead atoms. The first kappa shape index (κ1) is 21.4. The number of aromatic nitrogens is 2. The zero-order valence-corrected chi connectivity index (χ0v) is 18.1. The van der Waals surface area contributed by atoms with Gasteiger partial charge in [-0.15, -0.1) is 0 Å². The molecule has 0 spiro atoms. The number of alkyl halides is 1. The molecule has 2 atom stereocenters. The average Bonchev–Trinajstić information content (AvgIpc) is 3.28. The summed E-state index contributed by atoms with van der Waals surface area (Å²) in [7, 11) is -3.88. The fourth-order valence-corrected chi connectivity index (χ4v) is 5.44. The molecular formula is C21H20FN5O2S2. The van der Waals surface area contributed by atoms with Gasteiger partial charge in [0.15, 0.2) is 0 Å². The van der Waals surface area contributed by atoms with E-state index >= 15 is 0 Å². The summed E-state index contributed by atoms with van der Waals surface area (Å²) in [6, 6.07) is 16.2. The molecule has 0 aliphatic carbocycles. The van der Waals surface area contributed by atoms with E-state index in [1.807, 2.05) is 30.3 Å². The number of nitriles is 1. The van der Waals surface area contributed by atoms with E-state index in [9.17, 15) is 18.1 Å². The molecule has 2 aromatic carbocycles. The lowest BCUT2D eigenvalue weighted by Crippen LogP contribution is -2.37. The minimum Gasteiger partial charge on any atom is -0.292 e. The standard InChI is InChI=1S/C21H20FN5O2S2/c22-18-8-9-27(20(11-18)15-4-2-1-3-5-15)13-16-6-7-19(10-17(16)12-23)31(28,29)26-21-24-14-25-30-21/h1-7,10,14,18,20H,8-9,11,13H2,(H,24,25,26)/t18?,20-/m0/s1. The predicted molar refractivity (Wildman–Crippen MR) is 116 cm³/mol. The molecule has 1 unspecified atom stereocenters. The first-order valence-electron chi connectivity index (χ1n) is 9.72. The van der Waals surface area contributed by atoms with Gasteiger partial charge in [-0.3, -0.25) is 9.62 Å². The van der Waals surface area contributed by atoms with E-state index in [4.69, 9.17) is 0 Å². The Bertz CT molecular complexity index is 1180. The summed E-state index contributed by atoms with van der Waals surface area (Å²) in [5.74, 6) is 0. The minimum atomic E-state index is -3.88. The van der Waals surface area contributed by atoms with Gasteiger partial charge in [-0.2, -0.15) is 9.64 Å². The fraction of sp³-hybridized carbons (Fsp3) is 0.286. The molecule has 0 saturated carbocycles. The number of hydrogen-bond donors (Lipinski definition) is 1. The lowest BCUT2D eigenvalue weighted by molar-refractivity contribution is 0.0835. The van der Waals surface area contributed by atoms with E-state index in [2.05, 4.69) is 25.0 Å². The van der Waals surface area contributed by atoms with Gasteiger partial charge in [0.1, 0.15) is 12.5 Å². The lowest BCUT2D eigenvalue weighted by Gasteiger charge is -2.37. The number of nitrogens with zero attached hydrogens (tertiary/aromatic N) is 4. The van der Waals surface area contributed by atoms with Crippen LogP contribution in [-0.4, -0.2) is 35.4 Å². The Balaban J connectivity index is 1.59. The predicted octanol–water partition coefficient (Wildman–Crippen LogP) is 3.89. The van der Waals surface area contributed by atoms with Crippen LogP contribution >= 0.6 is 11.5 Å². The molecule has 10 heteroatoms. The highest BCUT2D eigenvalue weighted by molar-refractivity contribution is 7.93. The molecule has 1 aliphatic rings. The van der Waals surface area contributed by atoms with E-state index in [-0.39, 0.29) is 21.6 Å². The molecule has 1 aromatic heterocycles. The fourth-order valence-electron chi connectivity index (χ4n) is 3.76. The molecule has 1 saturated heterocycles. The van der Waals surface area contributed by atoms with Crippen LogP contribution in [0.4, 0.5) is 9.52 Å². The van der Waals surface area contributed by atoms with Gasteiger partial charge in [-0.25, -0.2) is 17.8 Å². The van der Waals surface area contributed by atoms with Crippen LogP contribution in [0.1, 0.15) is 35.6 Å². The van der Waals surface area contributed by atoms with Crippen molar-refractivity contribution < 1.29 is 12.8 Å². The van der Waals surface area contributed by atoms with Crippen molar-refractivity contribution in [3.8, 4) is 6.07 Å². The summed E-state index contributed by atoms with van der Waals surface area (Å²) in [4.78, 5) is 5.95. The number of rotatable bonds is 6. The van der Waals surface area contributed by atoms with Gasteiger partial charge in [0, 0.05) is 30.7 Å². The third-order valence-electron chi connectivity index (χ3n) is 5.30. The van der Waals surface area contributed by atoms with Crippen molar-refractivity contribution in [3.05, 3.63) is 71.5 Å². The van der Waals surface area contributed by atoms with E-state index in [0.29, 0.717) is 31.5 Å². The van der Waals surface area contributed by atoms with Gasteiger partial charge in [-0.1, -0.05) is 36.4 Å². The van der Waals surface area contributed by atoms with Gasteiger partial charge < -0.3 is 0 Å². The average molecular weight is 458 g/mol. The molecule has 1 N–H and O–H groups in total. The van der Waals surface area contributed by atoms with Crippen LogP contribution < -0.4 is 4.72 Å². The maximum absolute atomic E-state index is 14.2. The lowest BCUT2D eigenvalue weighted by atomic mass is 9.93. The number of anilines is 1. The van der Waals surface area contributed by atoms with Crippen LogP contribution in [0.3, 0.4) is 0 Å². The third kappa shape index (κ3) is 4.90. The SMILES string of the molecule is N#Cc1cc(S(=O)(=O)Nc2ncns2)ccc1CN1CCC(F)C[C@H]1c1ccccc1. The highest BCUT2D eigenvalue weighted by Crippen LogP contribution is 2.34. The van der Waals surface area contributed by atoms with Crippen molar-refractivity contribution in [3.63, 3.8) is 0 Å². The first-order chi connectivity index (χ1) is 15.0. The van der Waals surface area contributed by atoms with Crippen LogP contribution in [0, 0.1) is 11.3 Å². The number of benzene rings is 2. The van der Waals surface area contributed by atoms with Crippen molar-refractivity contribution in [2.75, 3.05) is 11.3 Å². The molecule has 2 heterocycles. The number of piperidine rings is 1. The summed E-state index contributed by atoms with van der Waals surface area (Å²) in [5.41, 5.74) is 2.01. The van der Waals surface area contributed by atoms with Gasteiger partial charge in [0.05, 0.1) is 16.5 Å². The van der Waals surface area contributed by atoms with E-state index < -0.39 is 16.2 Å². The second-order valence-corrected chi connectivity index (χ2v) is 9.76. The highest BCUT2D eigenvalue weighted by Gasteiger charge is 2.30. The van der Waals surface area contributed by atoms with E-state index in [1.54, 1.807) is 6.07 Å². The Kier molecular flexibility index (Phi) is 6.27. The Morgan fingerprint density at radius 3 is 2.77 bits per heavy atom. The van der Waals surface area contributed by atoms with Gasteiger partial charge >= 0.3 is 0 Å². The van der Waals surface area contributed by atoms with Crippen molar-refractivity contribution in [1.82, 2.24) is 14.3 Å². The number of likely N-dealkylation sites (tertiary alicyclic amines) is 1. The van der Waals surface area contributed by atoms with Crippen LogP contribution in [0.15, 0.2) is 59.8 Å². The summed E-state index contributed by atoms with van der Waals surface area (Å²) in [6.45, 7) is 0.990. The quantitative estimate of drug-likeness (QED) is 0.603. The van der Waals surface area contributed by atoms with E-state index in [1.165, 1.54) is 18.5 Å². The number of sulfonamides is 1. The highest BCUT2D eigenvalue weighted by atomic mass is 32.2. The van der Waals surface area contributed by atoms with Gasteiger partial charge in [0.25, 0.3) is 10.0 Å². The zero-order valence-electron chi connectivity index (χ0n) is 16.5. The monoisotopic (exact) mass is 457 g/mol. The number of halogens is 1.